The maximum absolute atomic E-state index is 6.38. The molecule has 1 heterocycles. The van der Waals surface area contributed by atoms with E-state index in [-0.39, 0.29) is 6.04 Å². The van der Waals surface area contributed by atoms with Gasteiger partial charge in [-0.3, -0.25) is 4.90 Å². The lowest BCUT2D eigenvalue weighted by Gasteiger charge is -2.32. The second-order valence-electron chi connectivity index (χ2n) is 7.30. The van der Waals surface area contributed by atoms with Crippen LogP contribution in [0.5, 0.6) is 0 Å². The summed E-state index contributed by atoms with van der Waals surface area (Å²) in [5.41, 5.74) is 7.65. The molecule has 21 heavy (non-hydrogen) atoms. The molecule has 2 atom stereocenters. The minimum Gasteiger partial charge on any atom is -0.329 e. The SMILES string of the molecule is CC(C)(C)C1CCCN(C(CN)c2ccccc2Cl)CC1. The van der Waals surface area contributed by atoms with Crippen LogP contribution < -0.4 is 5.73 Å². The molecule has 0 amide bonds. The van der Waals surface area contributed by atoms with Gasteiger partial charge in [0.2, 0.25) is 0 Å². The first kappa shape index (κ1) is 16.8. The van der Waals surface area contributed by atoms with Gasteiger partial charge in [0, 0.05) is 17.6 Å². The molecule has 1 saturated heterocycles. The van der Waals surface area contributed by atoms with Crippen LogP contribution in [0, 0.1) is 11.3 Å². The summed E-state index contributed by atoms with van der Waals surface area (Å²) in [7, 11) is 0. The maximum atomic E-state index is 6.38. The summed E-state index contributed by atoms with van der Waals surface area (Å²) in [6.45, 7) is 9.96. The van der Waals surface area contributed by atoms with Crippen LogP contribution in [0.25, 0.3) is 0 Å². The van der Waals surface area contributed by atoms with Gasteiger partial charge in [-0.2, -0.15) is 0 Å². The molecule has 2 N–H and O–H groups in total. The molecular formula is C18H29ClN2. The van der Waals surface area contributed by atoms with Crippen molar-refractivity contribution in [1.82, 2.24) is 4.90 Å². The fourth-order valence-corrected chi connectivity index (χ4v) is 3.78. The molecule has 3 heteroatoms. The summed E-state index contributed by atoms with van der Waals surface area (Å²) in [6.07, 6.45) is 3.83. The predicted octanol–water partition coefficient (Wildman–Crippen LogP) is 4.49. The molecule has 1 aromatic carbocycles. The zero-order chi connectivity index (χ0) is 15.5. The van der Waals surface area contributed by atoms with Crippen molar-refractivity contribution in [2.24, 2.45) is 17.1 Å². The van der Waals surface area contributed by atoms with Gasteiger partial charge in [0.15, 0.2) is 0 Å². The average Bonchev–Trinajstić information content (AvgIpc) is 2.67. The standard InChI is InChI=1S/C18H29ClN2/c1-18(2,3)14-7-6-11-21(12-10-14)17(13-20)15-8-4-5-9-16(15)19/h4-5,8-9,14,17H,6-7,10-13,20H2,1-3H3. The molecule has 1 aromatic rings. The van der Waals surface area contributed by atoms with Crippen LogP contribution in [0.2, 0.25) is 5.02 Å². The van der Waals surface area contributed by atoms with Crippen molar-refractivity contribution in [3.8, 4) is 0 Å². The van der Waals surface area contributed by atoms with E-state index in [1.165, 1.54) is 24.8 Å². The van der Waals surface area contributed by atoms with E-state index >= 15 is 0 Å². The summed E-state index contributed by atoms with van der Waals surface area (Å²) >= 11 is 6.38. The Hall–Kier alpha value is -0.570. The Balaban J connectivity index is 2.11. The zero-order valence-corrected chi connectivity index (χ0v) is 14.4. The van der Waals surface area contributed by atoms with Crippen LogP contribution >= 0.6 is 11.6 Å². The van der Waals surface area contributed by atoms with Crippen molar-refractivity contribution in [3.05, 3.63) is 34.9 Å². The van der Waals surface area contributed by atoms with E-state index in [2.05, 4.69) is 37.8 Å². The van der Waals surface area contributed by atoms with E-state index in [0.29, 0.717) is 12.0 Å². The van der Waals surface area contributed by atoms with E-state index < -0.39 is 0 Å². The Kier molecular flexibility index (Phi) is 5.70. The highest BCUT2D eigenvalue weighted by atomic mass is 35.5. The molecule has 118 valence electrons. The number of hydrogen-bond donors (Lipinski definition) is 1. The van der Waals surface area contributed by atoms with Gasteiger partial charge < -0.3 is 5.73 Å². The second-order valence-corrected chi connectivity index (χ2v) is 7.71. The lowest BCUT2D eigenvalue weighted by Crippen LogP contribution is -2.35. The number of halogens is 1. The van der Waals surface area contributed by atoms with Gasteiger partial charge in [-0.15, -0.1) is 0 Å². The third-order valence-corrected chi connectivity index (χ3v) is 5.26. The van der Waals surface area contributed by atoms with Gasteiger partial charge in [-0.05, 0) is 55.3 Å². The Labute approximate surface area is 134 Å². The number of nitrogens with two attached hydrogens (primary N) is 1. The highest BCUT2D eigenvalue weighted by molar-refractivity contribution is 6.31. The lowest BCUT2D eigenvalue weighted by molar-refractivity contribution is 0.185. The van der Waals surface area contributed by atoms with Crippen LogP contribution in [-0.2, 0) is 0 Å². The molecular weight excluding hydrogens is 280 g/mol. The van der Waals surface area contributed by atoms with Crippen LogP contribution in [0.4, 0.5) is 0 Å². The molecule has 0 spiro atoms. The van der Waals surface area contributed by atoms with Crippen molar-refractivity contribution in [1.29, 1.82) is 0 Å². The summed E-state index contributed by atoms with van der Waals surface area (Å²) in [4.78, 5) is 2.53. The fraction of sp³-hybridized carbons (Fsp3) is 0.667. The van der Waals surface area contributed by atoms with Crippen LogP contribution in [0.1, 0.15) is 51.6 Å². The first-order valence-electron chi connectivity index (χ1n) is 8.12. The minimum absolute atomic E-state index is 0.248. The molecule has 0 aliphatic carbocycles. The number of nitrogens with zero attached hydrogens (tertiary/aromatic N) is 1. The third-order valence-electron chi connectivity index (χ3n) is 4.92. The highest BCUT2D eigenvalue weighted by Gasteiger charge is 2.29. The topological polar surface area (TPSA) is 29.3 Å². The number of benzene rings is 1. The second kappa shape index (κ2) is 7.13. The normalized spacial score (nSPS) is 22.8. The smallest absolute Gasteiger partial charge is 0.0485 e. The van der Waals surface area contributed by atoms with Crippen molar-refractivity contribution in [2.45, 2.75) is 46.1 Å². The Morgan fingerprint density at radius 2 is 1.95 bits per heavy atom. The van der Waals surface area contributed by atoms with Gasteiger partial charge in [-0.25, -0.2) is 0 Å². The molecule has 0 radical (unpaired) electrons. The Morgan fingerprint density at radius 3 is 2.57 bits per heavy atom. The third kappa shape index (κ3) is 4.21. The predicted molar refractivity (Wildman–Crippen MR) is 91.6 cm³/mol. The van der Waals surface area contributed by atoms with Gasteiger partial charge >= 0.3 is 0 Å². The lowest BCUT2D eigenvalue weighted by atomic mass is 9.77. The van der Waals surface area contributed by atoms with Gasteiger partial charge in [0.05, 0.1) is 0 Å². The van der Waals surface area contributed by atoms with Gasteiger partial charge in [-0.1, -0.05) is 50.6 Å². The van der Waals surface area contributed by atoms with Crippen molar-refractivity contribution >= 4 is 11.6 Å². The molecule has 2 unspecified atom stereocenters. The zero-order valence-electron chi connectivity index (χ0n) is 13.6. The van der Waals surface area contributed by atoms with Crippen LogP contribution in [0.3, 0.4) is 0 Å². The Morgan fingerprint density at radius 1 is 1.24 bits per heavy atom. The van der Waals surface area contributed by atoms with Crippen molar-refractivity contribution in [3.63, 3.8) is 0 Å². The first-order chi connectivity index (χ1) is 9.93. The highest BCUT2D eigenvalue weighted by Crippen LogP contribution is 2.36. The number of rotatable bonds is 3. The number of likely N-dealkylation sites (tertiary alicyclic amines) is 1. The summed E-state index contributed by atoms with van der Waals surface area (Å²) < 4.78 is 0. The van der Waals surface area contributed by atoms with E-state index in [9.17, 15) is 0 Å². The molecule has 0 bridgehead atoms. The van der Waals surface area contributed by atoms with Crippen LogP contribution in [0.15, 0.2) is 24.3 Å². The fourth-order valence-electron chi connectivity index (χ4n) is 3.51. The maximum Gasteiger partial charge on any atom is 0.0485 e. The van der Waals surface area contributed by atoms with Gasteiger partial charge in [0.1, 0.15) is 0 Å². The van der Waals surface area contributed by atoms with E-state index in [4.69, 9.17) is 17.3 Å². The van der Waals surface area contributed by atoms with Crippen LogP contribution in [-0.4, -0.2) is 24.5 Å². The molecule has 2 rings (SSSR count). The van der Waals surface area contributed by atoms with E-state index in [1.54, 1.807) is 0 Å². The minimum atomic E-state index is 0.248. The quantitative estimate of drug-likeness (QED) is 0.891. The summed E-state index contributed by atoms with van der Waals surface area (Å²) in [6, 6.07) is 8.37. The first-order valence-corrected chi connectivity index (χ1v) is 8.50. The molecule has 1 fully saturated rings. The largest absolute Gasteiger partial charge is 0.329 e. The summed E-state index contributed by atoms with van der Waals surface area (Å²) in [5, 5.41) is 0.838. The molecule has 0 saturated carbocycles. The monoisotopic (exact) mass is 308 g/mol. The average molecular weight is 309 g/mol. The molecule has 2 nitrogen and oxygen atoms in total. The molecule has 1 aliphatic rings. The van der Waals surface area contributed by atoms with Crippen molar-refractivity contribution < 1.29 is 0 Å². The van der Waals surface area contributed by atoms with Gasteiger partial charge in [0.25, 0.3) is 0 Å². The summed E-state index contributed by atoms with van der Waals surface area (Å²) in [5.74, 6) is 0.798. The Bertz CT molecular complexity index is 453. The molecule has 0 aromatic heterocycles. The molecule has 1 aliphatic heterocycles. The van der Waals surface area contributed by atoms with E-state index in [0.717, 1.165) is 24.0 Å². The van der Waals surface area contributed by atoms with E-state index in [1.807, 2.05) is 12.1 Å². The number of hydrogen-bond acceptors (Lipinski definition) is 2. The van der Waals surface area contributed by atoms with Crippen molar-refractivity contribution in [2.75, 3.05) is 19.6 Å².